The lowest BCUT2D eigenvalue weighted by molar-refractivity contribution is -0.178. The van der Waals surface area contributed by atoms with E-state index >= 15 is 0 Å². The van der Waals surface area contributed by atoms with Crippen molar-refractivity contribution < 1.29 is 29.0 Å². The van der Waals surface area contributed by atoms with Crippen LogP contribution in [0.3, 0.4) is 0 Å². The molecule has 0 saturated heterocycles. The topological polar surface area (TPSA) is 154 Å². The number of carbonyl (C=O) groups excluding carboxylic acids is 2. The second-order valence-corrected chi connectivity index (χ2v) is 6.88. The molecular weight excluding hydrogens is 306 g/mol. The highest BCUT2D eigenvalue weighted by Gasteiger charge is 2.44. The highest BCUT2D eigenvalue weighted by molar-refractivity contribution is 6.01. The number of nitrogens with zero attached hydrogens (tertiary/aromatic N) is 1. The number of nitrogens with two attached hydrogens (primary N) is 2. The van der Waals surface area contributed by atoms with Gasteiger partial charge in [-0.3, -0.25) is 9.59 Å². The van der Waals surface area contributed by atoms with Gasteiger partial charge in [0.2, 0.25) is 0 Å². The first-order valence-electron chi connectivity index (χ1n) is 6.91. The molecule has 0 saturated carbocycles. The Labute approximate surface area is 135 Å². The zero-order valence-electron chi connectivity index (χ0n) is 14.2. The molecule has 0 bridgehead atoms. The van der Waals surface area contributed by atoms with E-state index in [0.29, 0.717) is 0 Å². The van der Waals surface area contributed by atoms with Crippen LogP contribution in [0.1, 0.15) is 41.5 Å². The van der Waals surface area contributed by atoms with E-state index in [1.54, 1.807) is 41.5 Å². The summed E-state index contributed by atoms with van der Waals surface area (Å²) in [4.78, 5) is 39.4. The summed E-state index contributed by atoms with van der Waals surface area (Å²) in [6, 6.07) is -1.84. The van der Waals surface area contributed by atoms with E-state index < -0.39 is 47.0 Å². The quantitative estimate of drug-likeness (QED) is 0.275. The molecule has 0 spiro atoms. The molecule has 0 aromatic heterocycles. The maximum absolute atomic E-state index is 12.3. The smallest absolute Gasteiger partial charge is 0.330 e. The second-order valence-electron chi connectivity index (χ2n) is 6.88. The van der Waals surface area contributed by atoms with Gasteiger partial charge in [0.1, 0.15) is 11.2 Å². The summed E-state index contributed by atoms with van der Waals surface area (Å²) in [6.45, 7) is 9.46. The van der Waals surface area contributed by atoms with Crippen LogP contribution in [0, 0.1) is 5.92 Å². The van der Waals surface area contributed by atoms with Crippen LogP contribution in [-0.4, -0.2) is 46.2 Å². The van der Waals surface area contributed by atoms with E-state index in [9.17, 15) is 19.5 Å². The summed E-state index contributed by atoms with van der Waals surface area (Å²) in [5.74, 6) is -6.11. The van der Waals surface area contributed by atoms with E-state index in [1.807, 2.05) is 0 Å². The van der Waals surface area contributed by atoms with Gasteiger partial charge in [0, 0.05) is 0 Å². The Bertz CT molecular complexity index is 470. The van der Waals surface area contributed by atoms with Crippen LogP contribution >= 0.6 is 0 Å². The van der Waals surface area contributed by atoms with Crippen LogP contribution in [0.5, 0.6) is 0 Å². The van der Waals surface area contributed by atoms with Gasteiger partial charge in [0.15, 0.2) is 17.9 Å². The number of ether oxygens (including phenoxy) is 2. The van der Waals surface area contributed by atoms with E-state index in [1.165, 1.54) is 0 Å². The Morgan fingerprint density at radius 1 is 0.913 bits per heavy atom. The summed E-state index contributed by atoms with van der Waals surface area (Å²) in [5, 5.41) is 9.25. The second kappa shape index (κ2) is 7.30. The van der Waals surface area contributed by atoms with Gasteiger partial charge in [0.25, 0.3) is 0 Å². The normalized spacial score (nSPS) is 13.2. The van der Waals surface area contributed by atoms with Crippen molar-refractivity contribution in [1.29, 1.82) is 0 Å². The fourth-order valence-corrected chi connectivity index (χ4v) is 1.52. The third kappa shape index (κ3) is 8.03. The van der Waals surface area contributed by atoms with Gasteiger partial charge >= 0.3 is 17.9 Å². The van der Waals surface area contributed by atoms with Gasteiger partial charge in [-0.05, 0) is 41.5 Å². The molecule has 9 heteroatoms. The summed E-state index contributed by atoms with van der Waals surface area (Å²) in [5.41, 5.74) is 8.50. The maximum Gasteiger partial charge on any atom is 0.330 e. The highest BCUT2D eigenvalue weighted by Crippen LogP contribution is 2.21. The third-order valence-electron chi connectivity index (χ3n) is 2.18. The Hall–Kier alpha value is -2.32. The Morgan fingerprint density at radius 3 is 1.48 bits per heavy atom. The minimum Gasteiger partial charge on any atom is -0.480 e. The summed E-state index contributed by atoms with van der Waals surface area (Å²) in [7, 11) is 0. The third-order valence-corrected chi connectivity index (χ3v) is 2.18. The molecule has 132 valence electrons. The Morgan fingerprint density at radius 2 is 1.26 bits per heavy atom. The van der Waals surface area contributed by atoms with E-state index in [4.69, 9.17) is 20.9 Å². The molecule has 0 rings (SSSR count). The van der Waals surface area contributed by atoms with Crippen molar-refractivity contribution in [2.24, 2.45) is 22.4 Å². The molecule has 0 aliphatic heterocycles. The molecule has 0 aromatic rings. The number of hydrogen-bond acceptors (Lipinski definition) is 6. The van der Waals surface area contributed by atoms with Crippen LogP contribution < -0.4 is 11.5 Å². The van der Waals surface area contributed by atoms with E-state index in [2.05, 4.69) is 4.99 Å². The molecule has 0 amide bonds. The van der Waals surface area contributed by atoms with Crippen molar-refractivity contribution >= 4 is 23.9 Å². The number of aliphatic carboxylic acids is 1. The van der Waals surface area contributed by atoms with Crippen LogP contribution in [0.4, 0.5) is 0 Å². The summed E-state index contributed by atoms with van der Waals surface area (Å²) in [6.07, 6.45) is 0. The van der Waals surface area contributed by atoms with Crippen LogP contribution in [-0.2, 0) is 23.9 Å². The molecular formula is C14H25N3O6. The Balaban J connectivity index is 5.77. The van der Waals surface area contributed by atoms with Crippen molar-refractivity contribution in [3.8, 4) is 0 Å². The molecule has 0 fully saturated rings. The molecule has 0 aliphatic rings. The molecule has 9 nitrogen and oxygen atoms in total. The number of guanidine groups is 1. The summed E-state index contributed by atoms with van der Waals surface area (Å²) >= 11 is 0. The SMILES string of the molecule is CC(C)(C)OC(=O)C(C(=O)OC(C)(C)C)C(N=C(N)N)C(=O)O. The molecule has 1 atom stereocenters. The zero-order valence-corrected chi connectivity index (χ0v) is 14.2. The van der Waals surface area contributed by atoms with Gasteiger partial charge in [0.05, 0.1) is 0 Å². The molecule has 1 unspecified atom stereocenters. The number of aliphatic imine (C=N–C) groups is 1. The van der Waals surface area contributed by atoms with E-state index in [-0.39, 0.29) is 0 Å². The van der Waals surface area contributed by atoms with Gasteiger partial charge in [-0.15, -0.1) is 0 Å². The molecule has 0 aromatic carbocycles. The Kier molecular flexibility index (Phi) is 6.56. The standard InChI is InChI=1S/C14H25N3O6/c1-13(2,3)22-10(20)7(11(21)23-14(4,5)6)8(9(18)19)17-12(15)16/h7-8H,1-6H3,(H,18,19)(H4,15,16,17). The van der Waals surface area contributed by atoms with Gasteiger partial charge < -0.3 is 26.0 Å². The maximum atomic E-state index is 12.3. The number of hydrogen-bond donors (Lipinski definition) is 3. The lowest BCUT2D eigenvalue weighted by Crippen LogP contribution is -2.46. The van der Waals surface area contributed by atoms with Crippen molar-refractivity contribution in [3.05, 3.63) is 0 Å². The molecule has 0 radical (unpaired) electrons. The minimum atomic E-state index is -1.84. The van der Waals surface area contributed by atoms with Gasteiger partial charge in [-0.25, -0.2) is 9.79 Å². The molecule has 23 heavy (non-hydrogen) atoms. The van der Waals surface area contributed by atoms with Crippen molar-refractivity contribution in [3.63, 3.8) is 0 Å². The first-order valence-corrected chi connectivity index (χ1v) is 6.91. The number of carbonyl (C=O) groups is 3. The average molecular weight is 331 g/mol. The van der Waals surface area contributed by atoms with Gasteiger partial charge in [-0.1, -0.05) is 0 Å². The zero-order chi connectivity index (χ0) is 18.6. The lowest BCUT2D eigenvalue weighted by atomic mass is 9.99. The average Bonchev–Trinajstić information content (AvgIpc) is 2.21. The number of carboxylic acid groups (broad SMARTS) is 1. The first-order chi connectivity index (χ1) is 10.1. The van der Waals surface area contributed by atoms with Crippen molar-refractivity contribution in [2.75, 3.05) is 0 Å². The first kappa shape index (κ1) is 20.7. The lowest BCUT2D eigenvalue weighted by Gasteiger charge is -2.27. The minimum absolute atomic E-state index is 0.575. The predicted molar refractivity (Wildman–Crippen MR) is 82.4 cm³/mol. The van der Waals surface area contributed by atoms with Gasteiger partial charge in [-0.2, -0.15) is 0 Å². The van der Waals surface area contributed by atoms with Crippen molar-refractivity contribution in [2.45, 2.75) is 58.8 Å². The number of rotatable bonds is 5. The molecule has 0 aliphatic carbocycles. The van der Waals surface area contributed by atoms with Crippen LogP contribution in [0.25, 0.3) is 0 Å². The number of esters is 2. The van der Waals surface area contributed by atoms with Crippen LogP contribution in [0.2, 0.25) is 0 Å². The molecule has 5 N–H and O–H groups in total. The van der Waals surface area contributed by atoms with Crippen LogP contribution in [0.15, 0.2) is 4.99 Å². The molecule has 0 heterocycles. The fraction of sp³-hybridized carbons (Fsp3) is 0.714. The predicted octanol–water partition coefficient (Wildman–Crippen LogP) is 0.0126. The van der Waals surface area contributed by atoms with E-state index in [0.717, 1.165) is 0 Å². The monoisotopic (exact) mass is 331 g/mol. The number of carboxylic acids is 1. The van der Waals surface area contributed by atoms with Crippen molar-refractivity contribution in [1.82, 2.24) is 0 Å². The summed E-state index contributed by atoms with van der Waals surface area (Å²) < 4.78 is 10.2. The highest BCUT2D eigenvalue weighted by atomic mass is 16.6. The fourth-order valence-electron chi connectivity index (χ4n) is 1.52. The largest absolute Gasteiger partial charge is 0.480 e.